The summed E-state index contributed by atoms with van der Waals surface area (Å²) < 4.78 is 0. The van der Waals surface area contributed by atoms with Gasteiger partial charge in [0.2, 0.25) is 0 Å². The summed E-state index contributed by atoms with van der Waals surface area (Å²) in [6, 6.07) is 0.693. The van der Waals surface area contributed by atoms with Crippen molar-refractivity contribution in [3.63, 3.8) is 0 Å². The molecule has 2 atom stereocenters. The van der Waals surface area contributed by atoms with Gasteiger partial charge in [-0.1, -0.05) is 20.8 Å². The quantitative estimate of drug-likeness (QED) is 0.823. The topological polar surface area (TPSA) is 40.5 Å². The van der Waals surface area contributed by atoms with Crippen LogP contribution in [0.1, 0.15) is 46.5 Å². The summed E-state index contributed by atoms with van der Waals surface area (Å²) in [7, 11) is 0. The summed E-state index contributed by atoms with van der Waals surface area (Å²) in [6.45, 7) is 9.08. The largest absolute Gasteiger partial charge is 0.481 e. The van der Waals surface area contributed by atoms with Gasteiger partial charge in [0, 0.05) is 19.1 Å². The Labute approximate surface area is 104 Å². The van der Waals surface area contributed by atoms with Crippen molar-refractivity contribution in [2.75, 3.05) is 13.1 Å². The lowest BCUT2D eigenvalue weighted by molar-refractivity contribution is -0.140. The van der Waals surface area contributed by atoms with Gasteiger partial charge in [0.15, 0.2) is 0 Å². The maximum Gasteiger partial charge on any atom is 0.303 e. The van der Waals surface area contributed by atoms with Crippen molar-refractivity contribution in [2.45, 2.75) is 52.5 Å². The lowest BCUT2D eigenvalue weighted by Gasteiger charge is -2.50. The molecule has 1 aliphatic heterocycles. The SMILES string of the molecule is CC1CC(N2CC(CC(=O)O)C2)CC(C)(C)C1. The molecule has 2 unspecified atom stereocenters. The monoisotopic (exact) mass is 239 g/mol. The number of hydrogen-bond acceptors (Lipinski definition) is 2. The van der Waals surface area contributed by atoms with E-state index >= 15 is 0 Å². The highest BCUT2D eigenvalue weighted by molar-refractivity contribution is 5.67. The predicted octanol–water partition coefficient (Wildman–Crippen LogP) is 2.61. The number of nitrogens with zero attached hydrogens (tertiary/aromatic N) is 1. The molecule has 17 heavy (non-hydrogen) atoms. The Bertz CT molecular complexity index is 295. The van der Waals surface area contributed by atoms with E-state index in [4.69, 9.17) is 5.11 Å². The summed E-state index contributed by atoms with van der Waals surface area (Å²) in [5.41, 5.74) is 0.459. The lowest BCUT2D eigenvalue weighted by atomic mass is 9.69. The molecule has 1 N–H and O–H groups in total. The lowest BCUT2D eigenvalue weighted by Crippen LogP contribution is -2.55. The van der Waals surface area contributed by atoms with E-state index in [9.17, 15) is 4.79 Å². The van der Waals surface area contributed by atoms with Crippen molar-refractivity contribution < 1.29 is 9.90 Å². The maximum absolute atomic E-state index is 10.6. The first kappa shape index (κ1) is 12.9. The second kappa shape index (κ2) is 4.60. The summed E-state index contributed by atoms with van der Waals surface area (Å²) in [5.74, 6) is 0.558. The normalized spacial score (nSPS) is 34.3. The number of aliphatic carboxylic acids is 1. The van der Waals surface area contributed by atoms with E-state index in [2.05, 4.69) is 25.7 Å². The van der Waals surface area contributed by atoms with Crippen LogP contribution in [0.15, 0.2) is 0 Å². The zero-order valence-electron chi connectivity index (χ0n) is 11.3. The van der Waals surface area contributed by atoms with Crippen LogP contribution < -0.4 is 0 Å². The molecule has 2 aliphatic rings. The molecule has 1 aliphatic carbocycles. The van der Waals surface area contributed by atoms with Crippen LogP contribution in [0.25, 0.3) is 0 Å². The fourth-order valence-corrected chi connectivity index (χ4v) is 3.86. The Balaban J connectivity index is 1.82. The molecule has 2 rings (SSSR count). The van der Waals surface area contributed by atoms with Gasteiger partial charge in [-0.05, 0) is 36.5 Å². The van der Waals surface area contributed by atoms with E-state index in [0.717, 1.165) is 19.0 Å². The average Bonchev–Trinajstić information content (AvgIpc) is 2.06. The van der Waals surface area contributed by atoms with Crippen molar-refractivity contribution >= 4 is 5.97 Å². The predicted molar refractivity (Wildman–Crippen MR) is 67.9 cm³/mol. The van der Waals surface area contributed by atoms with Crippen molar-refractivity contribution in [3.05, 3.63) is 0 Å². The molecule has 0 amide bonds. The van der Waals surface area contributed by atoms with E-state index in [1.807, 2.05) is 0 Å². The van der Waals surface area contributed by atoms with Crippen LogP contribution in [0.2, 0.25) is 0 Å². The van der Waals surface area contributed by atoms with E-state index in [1.54, 1.807) is 0 Å². The number of carboxylic acids is 1. The summed E-state index contributed by atoms with van der Waals surface area (Å²) >= 11 is 0. The molecule has 3 heteroatoms. The Morgan fingerprint density at radius 1 is 1.35 bits per heavy atom. The number of likely N-dealkylation sites (tertiary alicyclic amines) is 1. The molecule has 1 saturated carbocycles. The van der Waals surface area contributed by atoms with E-state index in [-0.39, 0.29) is 0 Å². The van der Waals surface area contributed by atoms with Gasteiger partial charge in [-0.3, -0.25) is 9.69 Å². The molecule has 3 nitrogen and oxygen atoms in total. The highest BCUT2D eigenvalue weighted by Gasteiger charge is 2.39. The van der Waals surface area contributed by atoms with E-state index in [0.29, 0.717) is 23.8 Å². The van der Waals surface area contributed by atoms with Gasteiger partial charge >= 0.3 is 5.97 Å². The fraction of sp³-hybridized carbons (Fsp3) is 0.929. The zero-order valence-corrected chi connectivity index (χ0v) is 11.3. The molecule has 98 valence electrons. The molecular formula is C14H25NO2. The minimum atomic E-state index is -0.646. The summed E-state index contributed by atoms with van der Waals surface area (Å²) in [6.07, 6.45) is 4.25. The number of rotatable bonds is 3. The first-order valence-electron chi connectivity index (χ1n) is 6.81. The molecule has 0 spiro atoms. The zero-order chi connectivity index (χ0) is 12.6. The standard InChI is InChI=1S/C14H25NO2/c1-10-4-12(7-14(2,3)6-10)15-8-11(9-15)5-13(16)17/h10-12H,4-9H2,1-3H3,(H,16,17). The molecule has 0 bridgehead atoms. The van der Waals surface area contributed by atoms with Crippen molar-refractivity contribution in [1.82, 2.24) is 4.90 Å². The van der Waals surface area contributed by atoms with Crippen molar-refractivity contribution in [2.24, 2.45) is 17.3 Å². The smallest absolute Gasteiger partial charge is 0.303 e. The Morgan fingerprint density at radius 3 is 2.53 bits per heavy atom. The van der Waals surface area contributed by atoms with E-state index < -0.39 is 5.97 Å². The molecule has 0 radical (unpaired) electrons. The van der Waals surface area contributed by atoms with Gasteiger partial charge in [-0.2, -0.15) is 0 Å². The van der Waals surface area contributed by atoms with Gasteiger partial charge in [0.25, 0.3) is 0 Å². The van der Waals surface area contributed by atoms with Crippen LogP contribution in [-0.4, -0.2) is 35.1 Å². The van der Waals surface area contributed by atoms with Gasteiger partial charge in [0.05, 0.1) is 6.42 Å². The molecular weight excluding hydrogens is 214 g/mol. The highest BCUT2D eigenvalue weighted by atomic mass is 16.4. The minimum absolute atomic E-state index is 0.349. The third-order valence-corrected chi connectivity index (χ3v) is 4.33. The average molecular weight is 239 g/mol. The number of carbonyl (C=O) groups is 1. The van der Waals surface area contributed by atoms with Gasteiger partial charge < -0.3 is 5.11 Å². The van der Waals surface area contributed by atoms with Crippen LogP contribution in [0.5, 0.6) is 0 Å². The molecule has 0 aromatic carbocycles. The Hall–Kier alpha value is -0.570. The van der Waals surface area contributed by atoms with Crippen LogP contribution in [0, 0.1) is 17.3 Å². The summed E-state index contributed by atoms with van der Waals surface area (Å²) in [5, 5.41) is 8.75. The van der Waals surface area contributed by atoms with Crippen LogP contribution >= 0.6 is 0 Å². The first-order chi connectivity index (χ1) is 7.85. The van der Waals surface area contributed by atoms with E-state index in [1.165, 1.54) is 19.3 Å². The number of hydrogen-bond donors (Lipinski definition) is 1. The molecule has 1 saturated heterocycles. The van der Waals surface area contributed by atoms with Gasteiger partial charge in [0.1, 0.15) is 0 Å². The van der Waals surface area contributed by atoms with Crippen molar-refractivity contribution in [1.29, 1.82) is 0 Å². The fourth-order valence-electron chi connectivity index (χ4n) is 3.86. The van der Waals surface area contributed by atoms with Crippen LogP contribution in [0.3, 0.4) is 0 Å². The molecule has 0 aromatic heterocycles. The second-order valence-corrected chi connectivity index (χ2v) is 6.98. The van der Waals surface area contributed by atoms with Crippen LogP contribution in [0.4, 0.5) is 0 Å². The first-order valence-corrected chi connectivity index (χ1v) is 6.81. The highest BCUT2D eigenvalue weighted by Crippen LogP contribution is 2.42. The minimum Gasteiger partial charge on any atom is -0.481 e. The second-order valence-electron chi connectivity index (χ2n) is 6.98. The van der Waals surface area contributed by atoms with Crippen molar-refractivity contribution in [3.8, 4) is 0 Å². The Morgan fingerprint density at radius 2 is 2.00 bits per heavy atom. The molecule has 0 aromatic rings. The van der Waals surface area contributed by atoms with Crippen LogP contribution in [-0.2, 0) is 4.79 Å². The number of carboxylic acid groups (broad SMARTS) is 1. The molecule has 2 fully saturated rings. The van der Waals surface area contributed by atoms with Gasteiger partial charge in [-0.15, -0.1) is 0 Å². The third-order valence-electron chi connectivity index (χ3n) is 4.33. The molecule has 1 heterocycles. The maximum atomic E-state index is 10.6. The summed E-state index contributed by atoms with van der Waals surface area (Å²) in [4.78, 5) is 13.1. The Kier molecular flexibility index (Phi) is 3.48. The van der Waals surface area contributed by atoms with Gasteiger partial charge in [-0.25, -0.2) is 0 Å². The third kappa shape index (κ3) is 3.21.